The Hall–Kier alpha value is -0.630. The van der Waals surface area contributed by atoms with E-state index in [-0.39, 0.29) is 35.5 Å². The van der Waals surface area contributed by atoms with E-state index in [9.17, 15) is 9.18 Å². The van der Waals surface area contributed by atoms with Gasteiger partial charge in [0.2, 0.25) is 5.91 Å². The Morgan fingerprint density at radius 2 is 2.04 bits per heavy atom. The molecule has 1 aromatic carbocycles. The first-order chi connectivity index (χ1) is 11.5. The normalized spacial score (nSPS) is 26.9. The molecule has 0 aromatic heterocycles. The summed E-state index contributed by atoms with van der Waals surface area (Å²) in [6.07, 6.45) is -0.675. The Morgan fingerprint density at radius 1 is 1.28 bits per heavy atom. The molecule has 0 aliphatic carbocycles. The van der Waals surface area contributed by atoms with Gasteiger partial charge in [0.25, 0.3) is 0 Å². The van der Waals surface area contributed by atoms with Crippen molar-refractivity contribution < 1.29 is 18.7 Å². The second-order valence-corrected chi connectivity index (χ2v) is 6.75. The third kappa shape index (κ3) is 4.56. The summed E-state index contributed by atoms with van der Waals surface area (Å²) in [6, 6.07) is 2.25. The van der Waals surface area contributed by atoms with Gasteiger partial charge in [0.05, 0.1) is 30.9 Å². The van der Waals surface area contributed by atoms with E-state index >= 15 is 0 Å². The van der Waals surface area contributed by atoms with Crippen LogP contribution in [0.2, 0.25) is 10.0 Å². The predicted molar refractivity (Wildman–Crippen MR) is 96.1 cm³/mol. The van der Waals surface area contributed by atoms with Gasteiger partial charge >= 0.3 is 0 Å². The van der Waals surface area contributed by atoms with E-state index in [4.69, 9.17) is 32.7 Å². The molecule has 2 aliphatic rings. The van der Waals surface area contributed by atoms with Crippen LogP contribution < -0.4 is 5.32 Å². The maximum atomic E-state index is 13.8. The number of rotatable bonds is 2. The van der Waals surface area contributed by atoms with Crippen LogP contribution in [0.1, 0.15) is 18.6 Å². The molecular weight excluding hydrogens is 394 g/mol. The van der Waals surface area contributed by atoms with Crippen LogP contribution in [0.3, 0.4) is 0 Å². The zero-order valence-electron chi connectivity index (χ0n) is 13.6. The number of nitrogens with one attached hydrogen (secondary N) is 1. The number of nitrogens with zero attached hydrogens (tertiary/aromatic N) is 1. The Bertz CT molecular complexity index is 635. The molecule has 0 bridgehead atoms. The topological polar surface area (TPSA) is 50.8 Å². The van der Waals surface area contributed by atoms with Gasteiger partial charge in [-0.25, -0.2) is 4.39 Å². The number of carbonyl (C=O) groups excluding carboxylic acids is 1. The minimum atomic E-state index is -0.556. The quantitative estimate of drug-likeness (QED) is 0.758. The van der Waals surface area contributed by atoms with Gasteiger partial charge in [-0.3, -0.25) is 4.79 Å². The maximum Gasteiger partial charge on any atom is 0.242 e. The van der Waals surface area contributed by atoms with Gasteiger partial charge < -0.3 is 19.7 Å². The molecule has 5 nitrogen and oxygen atoms in total. The van der Waals surface area contributed by atoms with E-state index in [1.807, 2.05) is 6.92 Å². The summed E-state index contributed by atoms with van der Waals surface area (Å²) in [5, 5.41) is 3.48. The van der Waals surface area contributed by atoms with E-state index < -0.39 is 11.9 Å². The van der Waals surface area contributed by atoms with Crippen LogP contribution in [0, 0.1) is 5.82 Å². The van der Waals surface area contributed by atoms with E-state index in [1.165, 1.54) is 12.1 Å². The first-order valence-corrected chi connectivity index (χ1v) is 8.63. The summed E-state index contributed by atoms with van der Waals surface area (Å²) in [6.45, 7) is 4.26. The molecule has 3 atom stereocenters. The van der Waals surface area contributed by atoms with Crippen molar-refractivity contribution in [1.29, 1.82) is 0 Å². The minimum absolute atomic E-state index is 0. The second-order valence-electron chi connectivity index (χ2n) is 5.94. The Balaban J connectivity index is 0.00000225. The van der Waals surface area contributed by atoms with Crippen LogP contribution in [0.15, 0.2) is 12.1 Å². The lowest BCUT2D eigenvalue weighted by Crippen LogP contribution is -2.58. The summed E-state index contributed by atoms with van der Waals surface area (Å²) in [5.74, 6) is -0.597. The van der Waals surface area contributed by atoms with Crippen LogP contribution in [-0.4, -0.2) is 55.8 Å². The lowest BCUT2D eigenvalue weighted by molar-refractivity contribution is -0.147. The van der Waals surface area contributed by atoms with Gasteiger partial charge in [0, 0.05) is 23.7 Å². The molecule has 140 valence electrons. The second kappa shape index (κ2) is 8.84. The molecule has 1 amide bonds. The highest BCUT2D eigenvalue weighted by molar-refractivity contribution is 6.35. The summed E-state index contributed by atoms with van der Waals surface area (Å²) in [7, 11) is 0. The highest BCUT2D eigenvalue weighted by atomic mass is 35.5. The monoisotopic (exact) mass is 412 g/mol. The van der Waals surface area contributed by atoms with E-state index in [0.29, 0.717) is 43.4 Å². The smallest absolute Gasteiger partial charge is 0.242 e. The fraction of sp³-hybridized carbons (Fsp3) is 0.562. The number of carbonyl (C=O) groups is 1. The number of halogens is 4. The van der Waals surface area contributed by atoms with Gasteiger partial charge in [0.15, 0.2) is 0 Å². The van der Waals surface area contributed by atoms with Crippen molar-refractivity contribution in [2.24, 2.45) is 0 Å². The molecule has 2 saturated heterocycles. The standard InChI is InChI=1S/C16H19Cl2FN2O3.ClH/c1-9-15(20-2-4-23-9)16(22)21-3-5-24-14(8-21)10-6-13(19)12(18)7-11(10)17;/h6-7,9,14-15,20H,2-5,8H2,1H3;1H/t9-,14?,15+;/m1./s1. The molecule has 9 heteroatoms. The van der Waals surface area contributed by atoms with Crippen molar-refractivity contribution in [1.82, 2.24) is 10.2 Å². The van der Waals surface area contributed by atoms with Gasteiger partial charge in [0.1, 0.15) is 18.0 Å². The number of amides is 1. The average molecular weight is 414 g/mol. The number of ether oxygens (including phenoxy) is 2. The summed E-state index contributed by atoms with van der Waals surface area (Å²) in [5.41, 5.74) is 0.497. The van der Waals surface area contributed by atoms with Crippen LogP contribution in [0.5, 0.6) is 0 Å². The first-order valence-electron chi connectivity index (χ1n) is 7.87. The predicted octanol–water partition coefficient (Wildman–Crippen LogP) is 2.83. The Morgan fingerprint density at radius 3 is 2.76 bits per heavy atom. The van der Waals surface area contributed by atoms with Gasteiger partial charge in [-0.05, 0) is 19.1 Å². The van der Waals surface area contributed by atoms with E-state index in [1.54, 1.807) is 4.90 Å². The molecule has 3 rings (SSSR count). The molecule has 1 unspecified atom stereocenters. The summed E-state index contributed by atoms with van der Waals surface area (Å²) < 4.78 is 25.0. The molecule has 2 heterocycles. The van der Waals surface area contributed by atoms with Gasteiger partial charge in [-0.1, -0.05) is 23.2 Å². The zero-order valence-corrected chi connectivity index (χ0v) is 16.0. The summed E-state index contributed by atoms with van der Waals surface area (Å²) in [4.78, 5) is 14.5. The van der Waals surface area contributed by atoms with Crippen molar-refractivity contribution in [2.75, 3.05) is 32.8 Å². The zero-order chi connectivity index (χ0) is 17.3. The molecular formula is C16H20Cl3FN2O3. The molecule has 0 saturated carbocycles. The van der Waals surface area contributed by atoms with Crippen molar-refractivity contribution in [3.05, 3.63) is 33.6 Å². The Labute approximate surface area is 162 Å². The maximum absolute atomic E-state index is 13.8. The van der Waals surface area contributed by atoms with E-state index in [2.05, 4.69) is 5.32 Å². The first kappa shape index (κ1) is 20.7. The van der Waals surface area contributed by atoms with Crippen molar-refractivity contribution in [3.8, 4) is 0 Å². The molecule has 1 aromatic rings. The summed E-state index contributed by atoms with van der Waals surface area (Å²) >= 11 is 11.9. The number of hydrogen-bond donors (Lipinski definition) is 1. The fourth-order valence-corrected chi connectivity index (χ4v) is 3.53. The molecule has 0 radical (unpaired) electrons. The SMILES string of the molecule is C[C@H]1OCCN[C@@H]1C(=O)N1CCOC(c2cc(F)c(Cl)cc2Cl)C1.Cl. The number of benzene rings is 1. The third-order valence-corrected chi connectivity index (χ3v) is 4.96. The van der Waals surface area contributed by atoms with Crippen molar-refractivity contribution in [2.45, 2.75) is 25.2 Å². The minimum Gasteiger partial charge on any atom is -0.375 e. The van der Waals surface area contributed by atoms with Gasteiger partial charge in [-0.15, -0.1) is 12.4 Å². The molecule has 2 aliphatic heterocycles. The lowest BCUT2D eigenvalue weighted by Gasteiger charge is -2.38. The van der Waals surface area contributed by atoms with E-state index in [0.717, 1.165) is 0 Å². The van der Waals surface area contributed by atoms with Gasteiger partial charge in [-0.2, -0.15) is 0 Å². The third-order valence-electron chi connectivity index (χ3n) is 4.35. The molecule has 1 N–H and O–H groups in total. The lowest BCUT2D eigenvalue weighted by atomic mass is 10.1. The number of morpholine rings is 2. The molecule has 0 spiro atoms. The van der Waals surface area contributed by atoms with Crippen LogP contribution >= 0.6 is 35.6 Å². The van der Waals surface area contributed by atoms with Crippen molar-refractivity contribution in [3.63, 3.8) is 0 Å². The largest absolute Gasteiger partial charge is 0.375 e. The fourth-order valence-electron chi connectivity index (χ4n) is 3.03. The number of hydrogen-bond acceptors (Lipinski definition) is 4. The highest BCUT2D eigenvalue weighted by Gasteiger charge is 2.35. The average Bonchev–Trinajstić information content (AvgIpc) is 2.58. The molecule has 2 fully saturated rings. The Kier molecular flexibility index (Phi) is 7.31. The van der Waals surface area contributed by atoms with Crippen LogP contribution in [0.4, 0.5) is 4.39 Å². The van der Waals surface area contributed by atoms with Crippen LogP contribution in [0.25, 0.3) is 0 Å². The van der Waals surface area contributed by atoms with Crippen molar-refractivity contribution >= 4 is 41.5 Å². The molecule has 25 heavy (non-hydrogen) atoms. The van der Waals surface area contributed by atoms with Crippen LogP contribution in [-0.2, 0) is 14.3 Å². The highest BCUT2D eigenvalue weighted by Crippen LogP contribution is 2.32.